The Bertz CT molecular complexity index is 240. The first kappa shape index (κ1) is 16.5. The van der Waals surface area contributed by atoms with Gasteiger partial charge in [-0.2, -0.15) is 0 Å². The number of guanidine groups is 2. The first-order valence-corrected chi connectivity index (χ1v) is 6.43. The van der Waals surface area contributed by atoms with Gasteiger partial charge in [-0.05, 0) is 39.3 Å². The molecule has 0 aromatic rings. The Morgan fingerprint density at radius 1 is 1.00 bits per heavy atom. The van der Waals surface area contributed by atoms with Crippen molar-refractivity contribution < 1.29 is 0 Å². The molecular weight excluding hydrogens is 230 g/mol. The quantitative estimate of drug-likeness (QED) is 0.173. The van der Waals surface area contributed by atoms with Crippen LogP contribution in [0.1, 0.15) is 25.7 Å². The fourth-order valence-electron chi connectivity index (χ4n) is 1.36. The average Bonchev–Trinajstić information content (AvgIpc) is 2.33. The highest BCUT2D eigenvalue weighted by Gasteiger charge is 1.93. The number of nitrogens with zero attached hydrogens (tertiary/aromatic N) is 1. The minimum absolute atomic E-state index is 0.0191. The highest BCUT2D eigenvalue weighted by Crippen LogP contribution is 1.88. The van der Waals surface area contributed by atoms with E-state index in [9.17, 15) is 0 Å². The van der Waals surface area contributed by atoms with Crippen LogP contribution in [0.3, 0.4) is 0 Å². The molecule has 0 saturated carbocycles. The van der Waals surface area contributed by atoms with Crippen molar-refractivity contribution >= 4 is 11.9 Å². The maximum Gasteiger partial charge on any atom is 0.188 e. The summed E-state index contributed by atoms with van der Waals surface area (Å²) in [5.74, 6) is 0.532. The average molecular weight is 257 g/mol. The van der Waals surface area contributed by atoms with Crippen LogP contribution in [-0.4, -0.2) is 45.1 Å². The molecule has 0 heterocycles. The largest absolute Gasteiger partial charge is 0.370 e. The fraction of sp³-hybridized carbons (Fsp3) is 0.818. The number of nitrogens with one attached hydrogen (secondary N) is 4. The van der Waals surface area contributed by atoms with Crippen LogP contribution in [-0.2, 0) is 0 Å². The number of rotatable bonds is 10. The highest BCUT2D eigenvalue weighted by atomic mass is 15.1. The molecule has 0 bridgehead atoms. The molecule has 0 spiro atoms. The summed E-state index contributed by atoms with van der Waals surface area (Å²) in [5, 5.41) is 15.9. The van der Waals surface area contributed by atoms with Gasteiger partial charge in [0.05, 0.1) is 0 Å². The van der Waals surface area contributed by atoms with E-state index >= 15 is 0 Å². The van der Waals surface area contributed by atoms with Gasteiger partial charge in [0.25, 0.3) is 0 Å². The molecular formula is C11H27N7. The lowest BCUT2D eigenvalue weighted by Gasteiger charge is -2.06. The molecule has 106 valence electrons. The lowest BCUT2D eigenvalue weighted by molar-refractivity contribution is 0.673. The van der Waals surface area contributed by atoms with Gasteiger partial charge in [0.15, 0.2) is 11.9 Å². The number of aliphatic imine (C=N–C) groups is 1. The van der Waals surface area contributed by atoms with Gasteiger partial charge in [-0.3, -0.25) is 10.4 Å². The van der Waals surface area contributed by atoms with E-state index in [0.29, 0.717) is 5.96 Å². The molecule has 7 heteroatoms. The molecule has 0 unspecified atom stereocenters. The summed E-state index contributed by atoms with van der Waals surface area (Å²) in [6.07, 6.45) is 4.08. The third kappa shape index (κ3) is 12.6. The van der Waals surface area contributed by atoms with E-state index < -0.39 is 0 Å². The fourth-order valence-corrected chi connectivity index (χ4v) is 1.36. The zero-order chi connectivity index (χ0) is 13.6. The molecule has 0 amide bonds. The molecule has 0 aliphatic rings. The second kappa shape index (κ2) is 12.0. The number of nitrogens with two attached hydrogens (primary N) is 2. The maximum absolute atomic E-state index is 6.97. The molecule has 0 atom stereocenters. The van der Waals surface area contributed by atoms with Crippen LogP contribution in [0.15, 0.2) is 4.99 Å². The Kier molecular flexibility index (Phi) is 11.0. The van der Waals surface area contributed by atoms with Gasteiger partial charge < -0.3 is 27.4 Å². The molecule has 0 aromatic heterocycles. The van der Waals surface area contributed by atoms with Gasteiger partial charge >= 0.3 is 0 Å². The molecule has 18 heavy (non-hydrogen) atoms. The van der Waals surface area contributed by atoms with E-state index in [4.69, 9.17) is 16.9 Å². The van der Waals surface area contributed by atoms with Crippen LogP contribution >= 0.6 is 0 Å². The van der Waals surface area contributed by atoms with Crippen molar-refractivity contribution in [3.8, 4) is 0 Å². The second-order valence-electron chi connectivity index (χ2n) is 4.05. The van der Waals surface area contributed by atoms with E-state index in [-0.39, 0.29) is 5.96 Å². The summed E-state index contributed by atoms with van der Waals surface area (Å²) in [6.45, 7) is 3.31. The lowest BCUT2D eigenvalue weighted by Crippen LogP contribution is -2.34. The molecule has 0 fully saturated rings. The monoisotopic (exact) mass is 257 g/mol. The molecule has 0 aromatic carbocycles. The van der Waals surface area contributed by atoms with E-state index in [1.54, 1.807) is 0 Å². The summed E-state index contributed by atoms with van der Waals surface area (Å²) in [7, 11) is 1.94. The SMILES string of the molecule is CNCCCCN=C(N)NCCCCNC(=N)N. The van der Waals surface area contributed by atoms with Crippen molar-refractivity contribution in [1.29, 1.82) is 5.41 Å². The normalized spacial score (nSPS) is 11.3. The summed E-state index contributed by atoms with van der Waals surface area (Å²) >= 11 is 0. The zero-order valence-corrected chi connectivity index (χ0v) is 11.3. The van der Waals surface area contributed by atoms with E-state index in [1.165, 1.54) is 0 Å². The maximum atomic E-state index is 6.97. The van der Waals surface area contributed by atoms with E-state index in [2.05, 4.69) is 20.9 Å². The van der Waals surface area contributed by atoms with Crippen LogP contribution in [0.5, 0.6) is 0 Å². The molecule has 0 saturated heterocycles. The van der Waals surface area contributed by atoms with E-state index in [1.807, 2.05) is 7.05 Å². The van der Waals surface area contributed by atoms with Crippen molar-refractivity contribution in [1.82, 2.24) is 16.0 Å². The Labute approximate surface area is 109 Å². The van der Waals surface area contributed by atoms with Crippen LogP contribution in [0.25, 0.3) is 0 Å². The number of hydrogen-bond donors (Lipinski definition) is 6. The second-order valence-corrected chi connectivity index (χ2v) is 4.05. The van der Waals surface area contributed by atoms with E-state index in [0.717, 1.165) is 51.9 Å². The minimum Gasteiger partial charge on any atom is -0.370 e. The predicted octanol–water partition coefficient (Wildman–Crippen LogP) is -0.846. The highest BCUT2D eigenvalue weighted by molar-refractivity contribution is 5.77. The first-order chi connectivity index (χ1) is 8.66. The van der Waals surface area contributed by atoms with Crippen molar-refractivity contribution in [3.63, 3.8) is 0 Å². The zero-order valence-electron chi connectivity index (χ0n) is 11.3. The summed E-state index contributed by atoms with van der Waals surface area (Å²) in [6, 6.07) is 0. The minimum atomic E-state index is 0.0191. The Balaban J connectivity index is 3.32. The number of hydrogen-bond acceptors (Lipinski definition) is 3. The smallest absolute Gasteiger partial charge is 0.188 e. The van der Waals surface area contributed by atoms with Crippen molar-refractivity contribution in [2.45, 2.75) is 25.7 Å². The van der Waals surface area contributed by atoms with Gasteiger partial charge in [0, 0.05) is 19.6 Å². The number of unbranched alkanes of at least 4 members (excludes halogenated alkanes) is 2. The third-order valence-corrected chi connectivity index (χ3v) is 2.34. The molecule has 7 nitrogen and oxygen atoms in total. The molecule has 0 rings (SSSR count). The van der Waals surface area contributed by atoms with Gasteiger partial charge in [-0.1, -0.05) is 0 Å². The van der Waals surface area contributed by atoms with Gasteiger partial charge in [0.1, 0.15) is 0 Å². The molecule has 8 N–H and O–H groups in total. The van der Waals surface area contributed by atoms with Crippen LogP contribution < -0.4 is 27.4 Å². The first-order valence-electron chi connectivity index (χ1n) is 6.43. The standard InChI is InChI=1S/C11H27N7/c1-15-6-2-3-8-17-11(14)18-9-5-4-7-16-10(12)13/h15H,2-9H2,1H3,(H4,12,13,16)(H3,14,17,18). The topological polar surface area (TPSA) is 124 Å². The molecule has 0 aliphatic heterocycles. The van der Waals surface area contributed by atoms with Gasteiger partial charge in [-0.15, -0.1) is 0 Å². The summed E-state index contributed by atoms with van der Waals surface area (Å²) in [5.41, 5.74) is 10.9. The van der Waals surface area contributed by atoms with Gasteiger partial charge in [-0.25, -0.2) is 0 Å². The molecule has 0 radical (unpaired) electrons. The third-order valence-electron chi connectivity index (χ3n) is 2.34. The molecule has 0 aliphatic carbocycles. The van der Waals surface area contributed by atoms with Crippen molar-refractivity contribution in [2.24, 2.45) is 16.5 Å². The summed E-state index contributed by atoms with van der Waals surface area (Å²) in [4.78, 5) is 4.23. The summed E-state index contributed by atoms with van der Waals surface area (Å²) < 4.78 is 0. The van der Waals surface area contributed by atoms with Crippen molar-refractivity contribution in [3.05, 3.63) is 0 Å². The van der Waals surface area contributed by atoms with Gasteiger partial charge in [0.2, 0.25) is 0 Å². The Morgan fingerprint density at radius 3 is 2.22 bits per heavy atom. The lowest BCUT2D eigenvalue weighted by atomic mass is 10.3. The Hall–Kier alpha value is -1.50. The van der Waals surface area contributed by atoms with Crippen LogP contribution in [0, 0.1) is 5.41 Å². The Morgan fingerprint density at radius 2 is 1.61 bits per heavy atom. The van der Waals surface area contributed by atoms with Crippen LogP contribution in [0.4, 0.5) is 0 Å². The van der Waals surface area contributed by atoms with Crippen LogP contribution in [0.2, 0.25) is 0 Å². The van der Waals surface area contributed by atoms with Crippen molar-refractivity contribution in [2.75, 3.05) is 33.2 Å². The predicted molar refractivity (Wildman–Crippen MR) is 76.8 cm³/mol.